The third-order valence-electron chi connectivity index (χ3n) is 6.16. The number of carbonyl (C=O) groups is 2. The standard InChI is InChI=1S/C24H36N4O3/c1-15(2)14-28(19-8-6-5-7-9-19)21-11-10-18(16(3)12-22(29)30)13-20(21)26-24-25-17(4)23(31)27-24/h10-11,13,15-17,19H,5-9,12,14H2,1-4H3,(H,29,30)(H2,25,26,27,31)/t16?,17-/m0/s1. The van der Waals surface area contributed by atoms with Crippen molar-refractivity contribution >= 4 is 29.2 Å². The summed E-state index contributed by atoms with van der Waals surface area (Å²) in [6, 6.07) is 6.31. The van der Waals surface area contributed by atoms with Gasteiger partial charge in [-0.15, -0.1) is 0 Å². The predicted molar refractivity (Wildman–Crippen MR) is 125 cm³/mol. The molecule has 1 aromatic carbocycles. The number of guanidine groups is 1. The summed E-state index contributed by atoms with van der Waals surface area (Å²) in [6.07, 6.45) is 6.22. The zero-order chi connectivity index (χ0) is 22.5. The molecule has 1 aromatic rings. The van der Waals surface area contributed by atoms with Gasteiger partial charge in [0, 0.05) is 12.6 Å². The first-order valence-electron chi connectivity index (χ1n) is 11.5. The van der Waals surface area contributed by atoms with E-state index in [9.17, 15) is 14.7 Å². The minimum atomic E-state index is -0.809. The molecule has 31 heavy (non-hydrogen) atoms. The van der Waals surface area contributed by atoms with Crippen LogP contribution >= 0.6 is 0 Å². The van der Waals surface area contributed by atoms with Crippen LogP contribution in [0.4, 0.5) is 11.4 Å². The Morgan fingerprint density at radius 1 is 1.26 bits per heavy atom. The lowest BCUT2D eigenvalue weighted by molar-refractivity contribution is -0.137. The van der Waals surface area contributed by atoms with E-state index in [1.54, 1.807) is 6.92 Å². The molecule has 1 aliphatic carbocycles. The first-order chi connectivity index (χ1) is 14.7. The van der Waals surface area contributed by atoms with E-state index >= 15 is 0 Å². The Balaban J connectivity index is 1.98. The Hall–Kier alpha value is -2.57. The Labute approximate surface area is 185 Å². The lowest BCUT2D eigenvalue weighted by atomic mass is 9.92. The molecular weight excluding hydrogens is 392 g/mol. The van der Waals surface area contributed by atoms with Gasteiger partial charge in [0.1, 0.15) is 6.04 Å². The molecule has 3 rings (SSSR count). The number of carboxylic acids is 1. The predicted octanol–water partition coefficient (Wildman–Crippen LogP) is 4.35. The molecule has 1 fully saturated rings. The summed E-state index contributed by atoms with van der Waals surface area (Å²) >= 11 is 0. The summed E-state index contributed by atoms with van der Waals surface area (Å²) in [7, 11) is 0. The molecular formula is C24H36N4O3. The van der Waals surface area contributed by atoms with E-state index in [1.807, 2.05) is 19.1 Å². The maximum atomic E-state index is 11.9. The maximum Gasteiger partial charge on any atom is 0.303 e. The van der Waals surface area contributed by atoms with Crippen molar-refractivity contribution in [3.05, 3.63) is 23.8 Å². The fraction of sp³-hybridized carbons (Fsp3) is 0.625. The number of aliphatic carboxylic acids is 1. The van der Waals surface area contributed by atoms with E-state index in [-0.39, 0.29) is 24.3 Å². The van der Waals surface area contributed by atoms with Crippen LogP contribution in [-0.4, -0.2) is 41.6 Å². The molecule has 2 aliphatic rings. The van der Waals surface area contributed by atoms with E-state index < -0.39 is 5.97 Å². The first-order valence-corrected chi connectivity index (χ1v) is 11.5. The van der Waals surface area contributed by atoms with Gasteiger partial charge in [-0.2, -0.15) is 4.99 Å². The molecule has 1 amide bonds. The van der Waals surface area contributed by atoms with Gasteiger partial charge in [-0.05, 0) is 49.3 Å². The quantitative estimate of drug-likeness (QED) is 0.570. The molecule has 1 unspecified atom stereocenters. The van der Waals surface area contributed by atoms with Crippen LogP contribution in [0.2, 0.25) is 0 Å². The Bertz CT molecular complexity index is 830. The molecule has 1 heterocycles. The highest BCUT2D eigenvalue weighted by Crippen LogP contribution is 2.36. The number of nitrogens with zero attached hydrogens (tertiary/aromatic N) is 2. The molecule has 1 aliphatic heterocycles. The summed E-state index contributed by atoms with van der Waals surface area (Å²) in [5.74, 6) is -0.153. The second kappa shape index (κ2) is 10.2. The molecule has 7 nitrogen and oxygen atoms in total. The van der Waals surface area contributed by atoms with Crippen molar-refractivity contribution in [2.24, 2.45) is 10.9 Å². The Morgan fingerprint density at radius 3 is 2.55 bits per heavy atom. The van der Waals surface area contributed by atoms with Crippen LogP contribution in [0.5, 0.6) is 0 Å². The third kappa shape index (κ3) is 5.99. The van der Waals surface area contributed by atoms with Gasteiger partial charge in [-0.1, -0.05) is 46.1 Å². The van der Waals surface area contributed by atoms with Gasteiger partial charge >= 0.3 is 5.97 Å². The number of anilines is 2. The van der Waals surface area contributed by atoms with Crippen molar-refractivity contribution in [3.63, 3.8) is 0 Å². The van der Waals surface area contributed by atoms with Crippen LogP contribution in [0.15, 0.2) is 23.2 Å². The number of hydrogen-bond acceptors (Lipinski definition) is 5. The number of benzene rings is 1. The number of nitrogens with one attached hydrogen (secondary N) is 2. The molecule has 0 radical (unpaired) electrons. The van der Waals surface area contributed by atoms with Crippen molar-refractivity contribution in [2.75, 3.05) is 16.8 Å². The van der Waals surface area contributed by atoms with Gasteiger partial charge in [0.05, 0.1) is 17.8 Å². The van der Waals surface area contributed by atoms with Crippen LogP contribution in [0.3, 0.4) is 0 Å². The summed E-state index contributed by atoms with van der Waals surface area (Å²) in [6.45, 7) is 9.12. The number of amides is 1. The topological polar surface area (TPSA) is 94.0 Å². The van der Waals surface area contributed by atoms with E-state index in [1.165, 1.54) is 32.1 Å². The molecule has 2 atom stereocenters. The van der Waals surface area contributed by atoms with E-state index in [4.69, 9.17) is 0 Å². The number of carbonyl (C=O) groups excluding carboxylic acids is 1. The first kappa shape index (κ1) is 23.1. The lowest BCUT2D eigenvalue weighted by Gasteiger charge is -2.38. The van der Waals surface area contributed by atoms with Crippen LogP contribution < -0.4 is 15.5 Å². The van der Waals surface area contributed by atoms with Gasteiger partial charge in [0.25, 0.3) is 5.91 Å². The minimum absolute atomic E-state index is 0.0752. The highest BCUT2D eigenvalue weighted by molar-refractivity contribution is 6.09. The van der Waals surface area contributed by atoms with Crippen molar-refractivity contribution in [1.29, 1.82) is 0 Å². The van der Waals surface area contributed by atoms with Crippen LogP contribution in [-0.2, 0) is 9.59 Å². The molecule has 170 valence electrons. The van der Waals surface area contributed by atoms with Gasteiger partial charge in [-0.25, -0.2) is 0 Å². The Morgan fingerprint density at radius 2 is 1.97 bits per heavy atom. The van der Waals surface area contributed by atoms with Crippen LogP contribution in [0, 0.1) is 5.92 Å². The highest BCUT2D eigenvalue weighted by atomic mass is 16.4. The van der Waals surface area contributed by atoms with Crippen molar-refractivity contribution in [2.45, 2.75) is 84.2 Å². The van der Waals surface area contributed by atoms with E-state index in [0.29, 0.717) is 17.9 Å². The summed E-state index contributed by atoms with van der Waals surface area (Å²) in [5, 5.41) is 15.7. The summed E-state index contributed by atoms with van der Waals surface area (Å²) < 4.78 is 0. The normalized spacial score (nSPS) is 20.4. The van der Waals surface area contributed by atoms with E-state index in [2.05, 4.69) is 40.4 Å². The maximum absolute atomic E-state index is 11.9. The molecule has 0 aromatic heterocycles. The largest absolute Gasteiger partial charge is 0.481 e. The minimum Gasteiger partial charge on any atom is -0.481 e. The number of hydrogen-bond donors (Lipinski definition) is 3. The molecule has 1 saturated carbocycles. The molecule has 0 bridgehead atoms. The lowest BCUT2D eigenvalue weighted by Crippen LogP contribution is -2.40. The van der Waals surface area contributed by atoms with Gasteiger partial charge in [0.2, 0.25) is 5.96 Å². The van der Waals surface area contributed by atoms with Crippen LogP contribution in [0.1, 0.15) is 77.7 Å². The fourth-order valence-electron chi connectivity index (χ4n) is 4.52. The monoisotopic (exact) mass is 428 g/mol. The van der Waals surface area contributed by atoms with Crippen molar-refractivity contribution in [1.82, 2.24) is 5.32 Å². The average molecular weight is 429 g/mol. The molecule has 0 spiro atoms. The molecule has 3 N–H and O–H groups in total. The van der Waals surface area contributed by atoms with Gasteiger partial charge < -0.3 is 20.6 Å². The van der Waals surface area contributed by atoms with E-state index in [0.717, 1.165) is 23.5 Å². The van der Waals surface area contributed by atoms with Gasteiger partial charge in [-0.3, -0.25) is 9.59 Å². The second-order valence-electron chi connectivity index (χ2n) is 9.40. The fourth-order valence-corrected chi connectivity index (χ4v) is 4.52. The van der Waals surface area contributed by atoms with Crippen molar-refractivity contribution < 1.29 is 14.7 Å². The highest BCUT2D eigenvalue weighted by Gasteiger charge is 2.27. The van der Waals surface area contributed by atoms with Crippen LogP contribution in [0.25, 0.3) is 0 Å². The summed E-state index contributed by atoms with van der Waals surface area (Å²) in [4.78, 5) is 29.8. The third-order valence-corrected chi connectivity index (χ3v) is 6.16. The second-order valence-corrected chi connectivity index (χ2v) is 9.40. The number of rotatable bonds is 8. The number of carboxylic acid groups (broad SMARTS) is 1. The SMILES string of the molecule is CC(C)CN(c1ccc(C(C)CC(=O)O)cc1NC1=NC(=O)[C@H](C)N1)C1CCCCC1. The molecule has 7 heteroatoms. The smallest absolute Gasteiger partial charge is 0.303 e. The average Bonchev–Trinajstić information content (AvgIpc) is 3.03. The molecule has 0 saturated heterocycles. The van der Waals surface area contributed by atoms with Crippen molar-refractivity contribution in [3.8, 4) is 0 Å². The Kier molecular flexibility index (Phi) is 7.57. The zero-order valence-corrected chi connectivity index (χ0v) is 19.1. The summed E-state index contributed by atoms with van der Waals surface area (Å²) in [5.41, 5.74) is 2.91. The van der Waals surface area contributed by atoms with Gasteiger partial charge in [0.15, 0.2) is 0 Å². The number of aliphatic imine (C=N–C) groups is 1. The zero-order valence-electron chi connectivity index (χ0n) is 19.1.